The van der Waals surface area contributed by atoms with E-state index in [1.165, 1.54) is 0 Å². The van der Waals surface area contributed by atoms with Crippen LogP contribution in [0, 0.1) is 20.8 Å². The maximum Gasteiger partial charge on any atom is 0.241 e. The minimum absolute atomic E-state index is 0.0125. The molecule has 0 aliphatic carbocycles. The zero-order valence-corrected chi connectivity index (χ0v) is 16.8. The third-order valence-corrected chi connectivity index (χ3v) is 5.42. The number of amides is 1. The van der Waals surface area contributed by atoms with Gasteiger partial charge >= 0.3 is 0 Å². The summed E-state index contributed by atoms with van der Waals surface area (Å²) < 4.78 is 7.92. The molecule has 0 radical (unpaired) electrons. The minimum atomic E-state index is -0.187. The number of nitrogens with zero attached hydrogens (tertiary/aromatic N) is 4. The topological polar surface area (TPSA) is 72.3 Å². The van der Waals surface area contributed by atoms with Gasteiger partial charge in [0.05, 0.1) is 23.1 Å². The average molecular weight is 371 g/mol. The van der Waals surface area contributed by atoms with Crippen LogP contribution in [0.25, 0.3) is 0 Å². The summed E-state index contributed by atoms with van der Waals surface area (Å²) in [5, 5.41) is 7.41. The Morgan fingerprint density at radius 3 is 2.59 bits per heavy atom. The maximum atomic E-state index is 12.7. The fourth-order valence-corrected chi connectivity index (χ4v) is 3.50. The first kappa shape index (κ1) is 19.4. The lowest BCUT2D eigenvalue weighted by Crippen LogP contribution is -2.48. The zero-order chi connectivity index (χ0) is 19.6. The Morgan fingerprint density at radius 2 is 2.00 bits per heavy atom. The van der Waals surface area contributed by atoms with E-state index in [0.29, 0.717) is 0 Å². The summed E-state index contributed by atoms with van der Waals surface area (Å²) in [5.41, 5.74) is 3.68. The molecule has 1 aliphatic rings. The number of ether oxygens (including phenoxy) is 1. The Kier molecular flexibility index (Phi) is 5.79. The van der Waals surface area contributed by atoms with Crippen molar-refractivity contribution in [3.63, 3.8) is 0 Å². The van der Waals surface area contributed by atoms with E-state index in [0.717, 1.165) is 54.3 Å². The first-order chi connectivity index (χ1) is 12.9. The monoisotopic (exact) mass is 371 g/mol. The average Bonchev–Trinajstić information content (AvgIpc) is 2.89. The van der Waals surface area contributed by atoms with Crippen LogP contribution in [0.3, 0.4) is 0 Å². The van der Waals surface area contributed by atoms with E-state index in [9.17, 15) is 4.79 Å². The van der Waals surface area contributed by atoms with Crippen molar-refractivity contribution >= 4 is 11.6 Å². The van der Waals surface area contributed by atoms with E-state index < -0.39 is 0 Å². The van der Waals surface area contributed by atoms with Gasteiger partial charge in [-0.1, -0.05) is 0 Å². The second-order valence-electron chi connectivity index (χ2n) is 7.33. The molecule has 1 aliphatic heterocycles. The standard InChI is InChI=1S/C20H29N5O2/c1-13-12-21-9-6-18(13)27-17-7-10-25(11-8-17)16(4)20(26)22-19-14(2)23-24(5)15(19)3/h6,9,12,16-17H,7-8,10-11H2,1-5H3,(H,22,26)/t16-/m1/s1. The second kappa shape index (κ2) is 8.08. The number of nitrogens with one attached hydrogen (secondary N) is 1. The first-order valence-electron chi connectivity index (χ1n) is 9.49. The molecule has 7 heteroatoms. The molecule has 2 aromatic rings. The van der Waals surface area contributed by atoms with Gasteiger partial charge in [-0.2, -0.15) is 5.10 Å². The molecule has 27 heavy (non-hydrogen) atoms. The number of aromatic nitrogens is 3. The van der Waals surface area contributed by atoms with E-state index in [-0.39, 0.29) is 18.1 Å². The van der Waals surface area contributed by atoms with E-state index >= 15 is 0 Å². The lowest BCUT2D eigenvalue weighted by molar-refractivity contribution is -0.121. The van der Waals surface area contributed by atoms with Gasteiger partial charge in [0, 0.05) is 38.1 Å². The highest BCUT2D eigenvalue weighted by Crippen LogP contribution is 2.23. The van der Waals surface area contributed by atoms with Gasteiger partial charge in [-0.3, -0.25) is 19.4 Å². The van der Waals surface area contributed by atoms with Crippen molar-refractivity contribution in [2.75, 3.05) is 18.4 Å². The number of anilines is 1. The van der Waals surface area contributed by atoms with Gasteiger partial charge in [0.15, 0.2) is 0 Å². The van der Waals surface area contributed by atoms with Crippen molar-refractivity contribution < 1.29 is 9.53 Å². The number of hydrogen-bond acceptors (Lipinski definition) is 5. The van der Waals surface area contributed by atoms with Crippen molar-refractivity contribution in [2.24, 2.45) is 7.05 Å². The number of aryl methyl sites for hydroxylation is 3. The fraction of sp³-hybridized carbons (Fsp3) is 0.550. The molecule has 0 bridgehead atoms. The molecular formula is C20H29N5O2. The second-order valence-corrected chi connectivity index (χ2v) is 7.33. The third-order valence-electron chi connectivity index (χ3n) is 5.42. The molecule has 7 nitrogen and oxygen atoms in total. The van der Waals surface area contributed by atoms with Crippen LogP contribution in [0.15, 0.2) is 18.5 Å². The quantitative estimate of drug-likeness (QED) is 0.875. The highest BCUT2D eigenvalue weighted by Gasteiger charge is 2.28. The molecule has 3 heterocycles. The Morgan fingerprint density at radius 1 is 1.30 bits per heavy atom. The summed E-state index contributed by atoms with van der Waals surface area (Å²) in [5.74, 6) is 0.912. The molecule has 0 saturated carbocycles. The van der Waals surface area contributed by atoms with Gasteiger partial charge < -0.3 is 10.1 Å². The molecule has 2 aromatic heterocycles. The van der Waals surface area contributed by atoms with Gasteiger partial charge in [-0.25, -0.2) is 0 Å². The molecule has 0 aromatic carbocycles. The largest absolute Gasteiger partial charge is 0.490 e. The molecule has 146 valence electrons. The van der Waals surface area contributed by atoms with Gasteiger partial charge in [-0.15, -0.1) is 0 Å². The number of piperidine rings is 1. The SMILES string of the molecule is Cc1cnccc1OC1CCN([C@H](C)C(=O)Nc2c(C)nn(C)c2C)CC1. The van der Waals surface area contributed by atoms with E-state index in [1.807, 2.05) is 47.0 Å². The molecule has 0 spiro atoms. The molecule has 1 N–H and O–H groups in total. The summed E-state index contributed by atoms with van der Waals surface area (Å²) in [7, 11) is 1.89. The van der Waals surface area contributed by atoms with Crippen molar-refractivity contribution in [3.8, 4) is 5.75 Å². The van der Waals surface area contributed by atoms with Crippen LogP contribution in [0.4, 0.5) is 5.69 Å². The van der Waals surface area contributed by atoms with Crippen LogP contribution >= 0.6 is 0 Å². The third kappa shape index (κ3) is 4.30. The van der Waals surface area contributed by atoms with Gasteiger partial charge in [-0.05, 0) is 46.6 Å². The van der Waals surface area contributed by atoms with Crippen LogP contribution in [-0.4, -0.2) is 50.8 Å². The van der Waals surface area contributed by atoms with Crippen LogP contribution in [-0.2, 0) is 11.8 Å². The van der Waals surface area contributed by atoms with Crippen LogP contribution < -0.4 is 10.1 Å². The molecule has 1 amide bonds. The molecular weight excluding hydrogens is 342 g/mol. The van der Waals surface area contributed by atoms with Gasteiger partial charge in [0.2, 0.25) is 5.91 Å². The number of pyridine rings is 1. The number of carbonyl (C=O) groups is 1. The number of carbonyl (C=O) groups excluding carboxylic acids is 1. The summed E-state index contributed by atoms with van der Waals surface area (Å²) in [6, 6.07) is 1.73. The Bertz CT molecular complexity index is 809. The highest BCUT2D eigenvalue weighted by atomic mass is 16.5. The van der Waals surface area contributed by atoms with E-state index in [2.05, 4.69) is 20.3 Å². The van der Waals surface area contributed by atoms with Crippen LogP contribution in [0.2, 0.25) is 0 Å². The predicted molar refractivity (Wildman–Crippen MR) is 105 cm³/mol. The molecule has 1 atom stereocenters. The highest BCUT2D eigenvalue weighted by molar-refractivity contribution is 5.95. The Balaban J connectivity index is 1.54. The lowest BCUT2D eigenvalue weighted by Gasteiger charge is -2.35. The van der Waals surface area contributed by atoms with Crippen LogP contribution in [0.1, 0.15) is 36.7 Å². The normalized spacial score (nSPS) is 16.9. The molecule has 3 rings (SSSR count). The van der Waals surface area contributed by atoms with Crippen LogP contribution in [0.5, 0.6) is 5.75 Å². The van der Waals surface area contributed by atoms with E-state index in [1.54, 1.807) is 10.9 Å². The van der Waals surface area contributed by atoms with Crippen molar-refractivity contribution in [3.05, 3.63) is 35.4 Å². The summed E-state index contributed by atoms with van der Waals surface area (Å²) >= 11 is 0. The van der Waals surface area contributed by atoms with Crippen molar-refractivity contribution in [2.45, 2.75) is 52.7 Å². The summed E-state index contributed by atoms with van der Waals surface area (Å²) in [6.45, 7) is 9.53. The number of hydrogen-bond donors (Lipinski definition) is 1. The molecule has 1 saturated heterocycles. The summed E-state index contributed by atoms with van der Waals surface area (Å²) in [6.07, 6.45) is 5.57. The zero-order valence-electron chi connectivity index (χ0n) is 16.8. The van der Waals surface area contributed by atoms with Gasteiger partial charge in [0.1, 0.15) is 11.9 Å². The number of rotatable bonds is 5. The van der Waals surface area contributed by atoms with Crippen molar-refractivity contribution in [1.29, 1.82) is 0 Å². The smallest absolute Gasteiger partial charge is 0.241 e. The Labute approximate surface area is 160 Å². The summed E-state index contributed by atoms with van der Waals surface area (Å²) in [4.78, 5) is 19.0. The molecule has 1 fully saturated rings. The first-order valence-corrected chi connectivity index (χ1v) is 9.49. The molecule has 0 unspecified atom stereocenters. The van der Waals surface area contributed by atoms with E-state index in [4.69, 9.17) is 4.74 Å². The predicted octanol–water partition coefficient (Wildman–Crippen LogP) is 2.61. The van der Waals surface area contributed by atoms with Gasteiger partial charge in [0.25, 0.3) is 0 Å². The Hall–Kier alpha value is -2.41. The number of likely N-dealkylation sites (tertiary alicyclic amines) is 1. The fourth-order valence-electron chi connectivity index (χ4n) is 3.50. The lowest BCUT2D eigenvalue weighted by atomic mass is 10.1. The minimum Gasteiger partial charge on any atom is -0.490 e. The maximum absolute atomic E-state index is 12.7. The van der Waals surface area contributed by atoms with Crippen molar-refractivity contribution in [1.82, 2.24) is 19.7 Å².